The van der Waals surface area contributed by atoms with Gasteiger partial charge in [-0.3, -0.25) is 9.59 Å². The van der Waals surface area contributed by atoms with Gasteiger partial charge < -0.3 is 4.90 Å². The van der Waals surface area contributed by atoms with Crippen molar-refractivity contribution in [2.75, 3.05) is 6.54 Å². The number of nitrogens with zero attached hydrogens (tertiary/aromatic N) is 1. The molecule has 17 heavy (non-hydrogen) atoms. The summed E-state index contributed by atoms with van der Waals surface area (Å²) in [6.07, 6.45) is 6.02. The lowest BCUT2D eigenvalue weighted by atomic mass is 9.85. The first-order valence-corrected chi connectivity index (χ1v) is 6.39. The number of Topliss-reactive ketones (excluding diaryl/α,β-unsaturated/α-hetero) is 1. The van der Waals surface area contributed by atoms with Gasteiger partial charge >= 0.3 is 0 Å². The zero-order valence-corrected chi connectivity index (χ0v) is 11.3. The highest BCUT2D eigenvalue weighted by Crippen LogP contribution is 2.26. The molecule has 1 heterocycles. The average Bonchev–Trinajstić information content (AvgIpc) is 2.72. The Morgan fingerprint density at radius 2 is 2.00 bits per heavy atom. The molecule has 0 aliphatic carbocycles. The Bertz CT molecular complexity index is 326. The fourth-order valence-electron chi connectivity index (χ4n) is 2.12. The number of rotatable bonds is 3. The van der Waals surface area contributed by atoms with Crippen LogP contribution in [0, 0.1) is 5.41 Å². The number of allylic oxidation sites excluding steroid dienone is 1. The van der Waals surface area contributed by atoms with Gasteiger partial charge in [0.2, 0.25) is 5.91 Å². The van der Waals surface area contributed by atoms with Gasteiger partial charge in [0.05, 0.1) is 6.04 Å². The molecule has 1 saturated heterocycles. The van der Waals surface area contributed by atoms with Crippen LogP contribution in [0.4, 0.5) is 0 Å². The van der Waals surface area contributed by atoms with E-state index in [1.165, 1.54) is 0 Å². The Kier molecular flexibility index (Phi) is 4.49. The molecule has 1 fully saturated rings. The lowest BCUT2D eigenvalue weighted by Gasteiger charge is -2.28. The smallest absolute Gasteiger partial charge is 0.246 e. The summed E-state index contributed by atoms with van der Waals surface area (Å²) < 4.78 is 0. The number of hydrogen-bond donors (Lipinski definition) is 0. The second-order valence-electron chi connectivity index (χ2n) is 5.61. The molecule has 0 aromatic carbocycles. The summed E-state index contributed by atoms with van der Waals surface area (Å²) in [5.74, 6) is 0.153. The van der Waals surface area contributed by atoms with Crippen molar-refractivity contribution in [3.8, 4) is 0 Å². The zero-order valence-electron chi connectivity index (χ0n) is 11.3. The molecule has 0 aromatic heterocycles. The van der Waals surface area contributed by atoms with E-state index in [0.29, 0.717) is 6.54 Å². The first-order valence-electron chi connectivity index (χ1n) is 6.39. The van der Waals surface area contributed by atoms with Gasteiger partial charge in [0.15, 0.2) is 5.78 Å². The molecule has 1 atom stereocenters. The maximum Gasteiger partial charge on any atom is 0.246 e. The first-order chi connectivity index (χ1) is 7.88. The predicted octanol–water partition coefficient (Wildman–Crippen LogP) is 2.56. The minimum atomic E-state index is -0.373. The molecule has 3 heteroatoms. The molecule has 3 nitrogen and oxygen atoms in total. The molecule has 0 bridgehead atoms. The van der Waals surface area contributed by atoms with Gasteiger partial charge in [0, 0.05) is 12.0 Å². The van der Waals surface area contributed by atoms with Crippen LogP contribution in [0.3, 0.4) is 0 Å². The van der Waals surface area contributed by atoms with E-state index in [-0.39, 0.29) is 23.1 Å². The fourth-order valence-corrected chi connectivity index (χ4v) is 2.12. The standard InChI is InChI=1S/C14H23NO2/c1-5-6-9-12(16)15-10-7-8-11(15)13(17)14(2,3)4/h6,9,11H,5,7-8,10H2,1-4H3/b9-6+/t11-/m0/s1. The van der Waals surface area contributed by atoms with Crippen molar-refractivity contribution in [1.82, 2.24) is 4.90 Å². The molecular weight excluding hydrogens is 214 g/mol. The molecule has 1 rings (SSSR count). The van der Waals surface area contributed by atoms with Crippen LogP contribution in [0.2, 0.25) is 0 Å². The highest BCUT2D eigenvalue weighted by molar-refractivity contribution is 5.96. The number of carbonyl (C=O) groups excluding carboxylic acids is 2. The Morgan fingerprint density at radius 1 is 1.35 bits per heavy atom. The summed E-state index contributed by atoms with van der Waals surface area (Å²) in [6, 6.07) is -0.219. The van der Waals surface area contributed by atoms with E-state index in [1.54, 1.807) is 11.0 Å². The van der Waals surface area contributed by atoms with Crippen LogP contribution in [0.25, 0.3) is 0 Å². The Hall–Kier alpha value is -1.12. The van der Waals surface area contributed by atoms with Crippen LogP contribution >= 0.6 is 0 Å². The second-order valence-corrected chi connectivity index (χ2v) is 5.61. The average molecular weight is 237 g/mol. The molecular formula is C14H23NO2. The van der Waals surface area contributed by atoms with E-state index in [2.05, 4.69) is 0 Å². The van der Waals surface area contributed by atoms with Crippen LogP contribution in [0.5, 0.6) is 0 Å². The van der Waals surface area contributed by atoms with E-state index in [4.69, 9.17) is 0 Å². The molecule has 0 unspecified atom stereocenters. The summed E-state index contributed by atoms with van der Waals surface area (Å²) in [5.41, 5.74) is -0.373. The lowest BCUT2D eigenvalue weighted by molar-refractivity contribution is -0.138. The Labute approximate surface area is 104 Å². The van der Waals surface area contributed by atoms with Crippen LogP contribution < -0.4 is 0 Å². The van der Waals surface area contributed by atoms with Crippen LogP contribution in [-0.2, 0) is 9.59 Å². The van der Waals surface area contributed by atoms with Crippen molar-refractivity contribution in [2.24, 2.45) is 5.41 Å². The van der Waals surface area contributed by atoms with E-state index < -0.39 is 0 Å². The third kappa shape index (κ3) is 3.42. The van der Waals surface area contributed by atoms with Crippen molar-refractivity contribution in [3.05, 3.63) is 12.2 Å². The predicted molar refractivity (Wildman–Crippen MR) is 68.6 cm³/mol. The minimum absolute atomic E-state index is 0.0213. The fraction of sp³-hybridized carbons (Fsp3) is 0.714. The molecule has 0 saturated carbocycles. The van der Waals surface area contributed by atoms with Gasteiger partial charge in [-0.1, -0.05) is 33.8 Å². The van der Waals surface area contributed by atoms with Crippen molar-refractivity contribution in [1.29, 1.82) is 0 Å². The highest BCUT2D eigenvalue weighted by Gasteiger charge is 2.38. The minimum Gasteiger partial charge on any atom is -0.329 e. The maximum atomic E-state index is 12.2. The largest absolute Gasteiger partial charge is 0.329 e. The number of likely N-dealkylation sites (tertiary alicyclic amines) is 1. The molecule has 0 aromatic rings. The number of amides is 1. The third-order valence-corrected chi connectivity index (χ3v) is 3.07. The molecule has 0 radical (unpaired) electrons. The van der Waals surface area contributed by atoms with E-state index in [9.17, 15) is 9.59 Å². The van der Waals surface area contributed by atoms with Crippen LogP contribution in [-0.4, -0.2) is 29.2 Å². The quantitative estimate of drug-likeness (QED) is 0.707. The summed E-state index contributed by atoms with van der Waals surface area (Å²) in [7, 11) is 0. The highest BCUT2D eigenvalue weighted by atomic mass is 16.2. The van der Waals surface area contributed by atoms with Crippen molar-refractivity contribution >= 4 is 11.7 Å². The molecule has 96 valence electrons. The summed E-state index contributed by atoms with van der Waals surface area (Å²) in [4.78, 5) is 25.9. The van der Waals surface area contributed by atoms with E-state index in [0.717, 1.165) is 19.3 Å². The maximum absolute atomic E-state index is 12.2. The molecule has 1 aliphatic heterocycles. The Morgan fingerprint density at radius 3 is 2.53 bits per heavy atom. The van der Waals surface area contributed by atoms with E-state index >= 15 is 0 Å². The summed E-state index contributed by atoms with van der Waals surface area (Å²) >= 11 is 0. The molecule has 0 spiro atoms. The summed E-state index contributed by atoms with van der Waals surface area (Å²) in [6.45, 7) is 8.44. The van der Waals surface area contributed by atoms with Crippen molar-refractivity contribution < 1.29 is 9.59 Å². The SMILES string of the molecule is CC/C=C/C(=O)N1CCC[C@H]1C(=O)C(C)(C)C. The molecule has 0 N–H and O–H groups in total. The van der Waals surface area contributed by atoms with Crippen LogP contribution in [0.15, 0.2) is 12.2 Å². The number of carbonyl (C=O) groups is 2. The van der Waals surface area contributed by atoms with Gasteiger partial charge in [-0.05, 0) is 25.3 Å². The molecule has 1 amide bonds. The lowest BCUT2D eigenvalue weighted by Crippen LogP contribution is -2.44. The second kappa shape index (κ2) is 5.48. The van der Waals surface area contributed by atoms with Crippen molar-refractivity contribution in [3.63, 3.8) is 0 Å². The van der Waals surface area contributed by atoms with E-state index in [1.807, 2.05) is 33.8 Å². The Balaban J connectivity index is 2.77. The van der Waals surface area contributed by atoms with Gasteiger partial charge in [0.25, 0.3) is 0 Å². The van der Waals surface area contributed by atoms with Crippen molar-refractivity contribution in [2.45, 2.75) is 53.0 Å². The monoisotopic (exact) mass is 237 g/mol. The summed E-state index contributed by atoms with van der Waals surface area (Å²) in [5, 5.41) is 0. The number of hydrogen-bond acceptors (Lipinski definition) is 2. The first kappa shape index (κ1) is 13.9. The van der Waals surface area contributed by atoms with Gasteiger partial charge in [-0.25, -0.2) is 0 Å². The topological polar surface area (TPSA) is 37.4 Å². The third-order valence-electron chi connectivity index (χ3n) is 3.07. The van der Waals surface area contributed by atoms with Gasteiger partial charge in [0.1, 0.15) is 0 Å². The zero-order chi connectivity index (χ0) is 13.1. The molecule has 1 aliphatic rings. The number of ketones is 1. The van der Waals surface area contributed by atoms with Gasteiger partial charge in [-0.15, -0.1) is 0 Å². The van der Waals surface area contributed by atoms with Gasteiger partial charge in [-0.2, -0.15) is 0 Å². The van der Waals surface area contributed by atoms with Crippen LogP contribution in [0.1, 0.15) is 47.0 Å². The normalized spacial score (nSPS) is 21.2.